The van der Waals surface area contributed by atoms with E-state index in [1.807, 2.05) is 43.3 Å². The second kappa shape index (κ2) is 8.35. The molecule has 1 atom stereocenters. The second-order valence-electron chi connectivity index (χ2n) is 5.70. The van der Waals surface area contributed by atoms with Crippen LogP contribution in [0.5, 0.6) is 0 Å². The first-order valence-electron chi connectivity index (χ1n) is 8.12. The molecule has 0 aliphatic rings. The van der Waals surface area contributed by atoms with Crippen molar-refractivity contribution >= 4 is 28.3 Å². The standard InChI is InChI=1S/C19H18N4O2S/c1-13-22-23-19(26-13)21-18(25)16(12-14-8-4-2-5-9-14)20-17(24)15-10-6-3-7-11-15/h2-11,16H,12H2,1H3,(H,20,24)(H,21,23,25). The molecule has 0 aliphatic carbocycles. The monoisotopic (exact) mass is 366 g/mol. The summed E-state index contributed by atoms with van der Waals surface area (Å²) in [7, 11) is 0. The van der Waals surface area contributed by atoms with Gasteiger partial charge in [0.25, 0.3) is 5.91 Å². The van der Waals surface area contributed by atoms with Gasteiger partial charge in [0.1, 0.15) is 11.0 Å². The molecule has 2 N–H and O–H groups in total. The fourth-order valence-corrected chi connectivity index (χ4v) is 3.02. The van der Waals surface area contributed by atoms with E-state index in [-0.39, 0.29) is 11.8 Å². The van der Waals surface area contributed by atoms with Gasteiger partial charge in [0.15, 0.2) is 0 Å². The third kappa shape index (κ3) is 4.73. The lowest BCUT2D eigenvalue weighted by Gasteiger charge is -2.18. The maximum atomic E-state index is 12.7. The SMILES string of the molecule is Cc1nnc(NC(=O)C(Cc2ccccc2)NC(=O)c2ccccc2)s1. The predicted molar refractivity (Wildman–Crippen MR) is 101 cm³/mol. The predicted octanol–water partition coefficient (Wildman–Crippen LogP) is 2.83. The molecule has 0 aliphatic heterocycles. The normalized spacial score (nSPS) is 11.6. The van der Waals surface area contributed by atoms with Crippen molar-refractivity contribution in [2.45, 2.75) is 19.4 Å². The molecular formula is C19H18N4O2S. The Morgan fingerprint density at radius 1 is 1.00 bits per heavy atom. The fraction of sp³-hybridized carbons (Fsp3) is 0.158. The zero-order valence-corrected chi connectivity index (χ0v) is 15.0. The van der Waals surface area contributed by atoms with Crippen LogP contribution in [0.1, 0.15) is 20.9 Å². The molecule has 1 unspecified atom stereocenters. The van der Waals surface area contributed by atoms with E-state index in [2.05, 4.69) is 20.8 Å². The molecule has 3 rings (SSSR count). The van der Waals surface area contributed by atoms with Crippen LogP contribution in [-0.2, 0) is 11.2 Å². The molecule has 7 heteroatoms. The Balaban J connectivity index is 1.76. The smallest absolute Gasteiger partial charge is 0.251 e. The average molecular weight is 366 g/mol. The van der Waals surface area contributed by atoms with E-state index in [1.165, 1.54) is 11.3 Å². The molecule has 0 saturated carbocycles. The second-order valence-corrected chi connectivity index (χ2v) is 6.88. The zero-order chi connectivity index (χ0) is 18.4. The van der Waals surface area contributed by atoms with Crippen molar-refractivity contribution in [2.24, 2.45) is 0 Å². The molecule has 2 amide bonds. The van der Waals surface area contributed by atoms with E-state index in [0.29, 0.717) is 17.1 Å². The molecule has 1 aromatic heterocycles. The number of nitrogens with zero attached hydrogens (tertiary/aromatic N) is 2. The van der Waals surface area contributed by atoms with Gasteiger partial charge >= 0.3 is 0 Å². The van der Waals surface area contributed by atoms with Gasteiger partial charge in [-0.15, -0.1) is 10.2 Å². The lowest BCUT2D eigenvalue weighted by Crippen LogP contribution is -2.45. The zero-order valence-electron chi connectivity index (χ0n) is 14.2. The van der Waals surface area contributed by atoms with Gasteiger partial charge in [-0.05, 0) is 24.6 Å². The summed E-state index contributed by atoms with van der Waals surface area (Å²) in [6.07, 6.45) is 0.378. The van der Waals surface area contributed by atoms with E-state index >= 15 is 0 Å². The van der Waals surface area contributed by atoms with Crippen LogP contribution in [0, 0.1) is 6.92 Å². The van der Waals surface area contributed by atoms with Crippen molar-refractivity contribution in [3.8, 4) is 0 Å². The summed E-state index contributed by atoms with van der Waals surface area (Å²) in [6, 6.07) is 17.6. The molecule has 1 heterocycles. The van der Waals surface area contributed by atoms with Crippen molar-refractivity contribution in [3.05, 3.63) is 76.8 Å². The van der Waals surface area contributed by atoms with E-state index in [4.69, 9.17) is 0 Å². The van der Waals surface area contributed by atoms with Crippen LogP contribution < -0.4 is 10.6 Å². The molecule has 0 bridgehead atoms. The van der Waals surface area contributed by atoms with Crippen molar-refractivity contribution in [3.63, 3.8) is 0 Å². The minimum absolute atomic E-state index is 0.296. The quantitative estimate of drug-likeness (QED) is 0.703. The molecule has 132 valence electrons. The number of carbonyl (C=O) groups is 2. The third-order valence-electron chi connectivity index (χ3n) is 3.70. The highest BCUT2D eigenvalue weighted by Crippen LogP contribution is 2.15. The summed E-state index contributed by atoms with van der Waals surface area (Å²) in [5, 5.41) is 14.5. The molecule has 6 nitrogen and oxygen atoms in total. The number of anilines is 1. The van der Waals surface area contributed by atoms with Crippen molar-refractivity contribution in [2.75, 3.05) is 5.32 Å². The highest BCUT2D eigenvalue weighted by molar-refractivity contribution is 7.15. The molecular weight excluding hydrogens is 348 g/mol. The van der Waals surface area contributed by atoms with Gasteiger partial charge in [0, 0.05) is 12.0 Å². The summed E-state index contributed by atoms with van der Waals surface area (Å²) >= 11 is 1.29. The number of hydrogen-bond acceptors (Lipinski definition) is 5. The van der Waals surface area contributed by atoms with Crippen LogP contribution >= 0.6 is 11.3 Å². The average Bonchev–Trinajstić information content (AvgIpc) is 3.07. The minimum Gasteiger partial charge on any atom is -0.340 e. The maximum absolute atomic E-state index is 12.7. The van der Waals surface area contributed by atoms with Crippen molar-refractivity contribution in [1.29, 1.82) is 0 Å². The number of rotatable bonds is 6. The van der Waals surface area contributed by atoms with Crippen LogP contribution in [0.15, 0.2) is 60.7 Å². The number of hydrogen-bond donors (Lipinski definition) is 2. The van der Waals surface area contributed by atoms with Crippen LogP contribution in [-0.4, -0.2) is 28.1 Å². The Morgan fingerprint density at radius 2 is 1.65 bits per heavy atom. The summed E-state index contributed by atoms with van der Waals surface area (Å²) in [6.45, 7) is 1.81. The topological polar surface area (TPSA) is 84.0 Å². The minimum atomic E-state index is -0.727. The molecule has 0 radical (unpaired) electrons. The molecule has 0 spiro atoms. The summed E-state index contributed by atoms with van der Waals surface area (Å²) in [4.78, 5) is 25.2. The van der Waals surface area contributed by atoms with E-state index < -0.39 is 6.04 Å². The summed E-state index contributed by atoms with van der Waals surface area (Å²) in [5.74, 6) is -0.621. The molecule has 2 aromatic carbocycles. The van der Waals surface area contributed by atoms with E-state index in [9.17, 15) is 9.59 Å². The van der Waals surface area contributed by atoms with Crippen LogP contribution in [0.25, 0.3) is 0 Å². The Bertz CT molecular complexity index is 881. The van der Waals surface area contributed by atoms with Crippen LogP contribution in [0.2, 0.25) is 0 Å². The number of carbonyl (C=O) groups excluding carboxylic acids is 2. The van der Waals surface area contributed by atoms with Gasteiger partial charge in [-0.25, -0.2) is 0 Å². The summed E-state index contributed by atoms with van der Waals surface area (Å²) < 4.78 is 0. The Morgan fingerprint density at radius 3 is 2.27 bits per heavy atom. The molecule has 26 heavy (non-hydrogen) atoms. The number of nitrogens with one attached hydrogen (secondary N) is 2. The Hall–Kier alpha value is -3.06. The van der Waals surface area contributed by atoms with Crippen molar-refractivity contribution in [1.82, 2.24) is 15.5 Å². The van der Waals surface area contributed by atoms with Crippen LogP contribution in [0.3, 0.4) is 0 Å². The van der Waals surface area contributed by atoms with E-state index in [0.717, 1.165) is 10.6 Å². The molecule has 0 fully saturated rings. The number of aromatic nitrogens is 2. The van der Waals surface area contributed by atoms with Gasteiger partial charge in [-0.2, -0.15) is 0 Å². The van der Waals surface area contributed by atoms with E-state index in [1.54, 1.807) is 24.3 Å². The molecule has 0 saturated heterocycles. The number of aryl methyl sites for hydroxylation is 1. The lowest BCUT2D eigenvalue weighted by atomic mass is 10.0. The highest BCUT2D eigenvalue weighted by Gasteiger charge is 2.23. The highest BCUT2D eigenvalue weighted by atomic mass is 32.1. The van der Waals surface area contributed by atoms with Gasteiger partial charge in [-0.1, -0.05) is 59.9 Å². The third-order valence-corrected chi connectivity index (χ3v) is 4.45. The lowest BCUT2D eigenvalue weighted by molar-refractivity contribution is -0.118. The Kier molecular flexibility index (Phi) is 5.70. The van der Waals surface area contributed by atoms with Gasteiger partial charge < -0.3 is 5.32 Å². The first kappa shape index (κ1) is 17.8. The first-order chi connectivity index (χ1) is 12.6. The van der Waals surface area contributed by atoms with Gasteiger partial charge in [0.05, 0.1) is 0 Å². The molecule has 3 aromatic rings. The fourth-order valence-electron chi connectivity index (χ4n) is 2.43. The summed E-state index contributed by atoms with van der Waals surface area (Å²) in [5.41, 5.74) is 1.46. The van der Waals surface area contributed by atoms with Crippen molar-refractivity contribution < 1.29 is 9.59 Å². The van der Waals surface area contributed by atoms with Gasteiger partial charge in [-0.3, -0.25) is 14.9 Å². The maximum Gasteiger partial charge on any atom is 0.251 e. The largest absolute Gasteiger partial charge is 0.340 e. The Labute approximate surface area is 155 Å². The number of amides is 2. The first-order valence-corrected chi connectivity index (χ1v) is 8.94. The van der Waals surface area contributed by atoms with Crippen LogP contribution in [0.4, 0.5) is 5.13 Å². The van der Waals surface area contributed by atoms with Gasteiger partial charge in [0.2, 0.25) is 11.0 Å². The number of benzene rings is 2.